The molecule has 0 saturated heterocycles. The maximum Gasteiger partial charge on any atom is 0.340 e. The lowest BCUT2D eigenvalue weighted by molar-refractivity contribution is 0.0512. The van der Waals surface area contributed by atoms with E-state index < -0.39 is 11.9 Å². The van der Waals surface area contributed by atoms with E-state index in [1.165, 1.54) is 18.2 Å². The average molecular weight is 402 g/mol. The number of benzene rings is 2. The van der Waals surface area contributed by atoms with E-state index in [1.54, 1.807) is 45.2 Å². The number of methoxy groups -OCH3 is 1. The van der Waals surface area contributed by atoms with Crippen LogP contribution in [0.4, 0.5) is 11.4 Å². The van der Waals surface area contributed by atoms with Crippen molar-refractivity contribution >= 4 is 40.6 Å². The van der Waals surface area contributed by atoms with E-state index in [9.17, 15) is 9.59 Å². The van der Waals surface area contributed by atoms with Crippen LogP contribution < -0.4 is 15.4 Å². The van der Waals surface area contributed by atoms with E-state index in [-0.39, 0.29) is 23.9 Å². The lowest BCUT2D eigenvalue weighted by Crippen LogP contribution is -2.21. The second kappa shape index (κ2) is 10.3. The smallest absolute Gasteiger partial charge is 0.340 e. The third-order valence-electron chi connectivity index (χ3n) is 3.62. The van der Waals surface area contributed by atoms with Crippen molar-refractivity contribution < 1.29 is 23.8 Å². The van der Waals surface area contributed by atoms with Gasteiger partial charge in [0.05, 0.1) is 37.1 Å². The van der Waals surface area contributed by atoms with Gasteiger partial charge in [-0.1, -0.05) is 0 Å². The number of carbonyl (C=O) groups excluding carboxylic acids is 2. The molecule has 2 aromatic rings. The van der Waals surface area contributed by atoms with Crippen LogP contribution in [0.5, 0.6) is 5.75 Å². The molecule has 0 aliphatic heterocycles. The monoisotopic (exact) mass is 402 g/mol. The van der Waals surface area contributed by atoms with Crippen LogP contribution in [0.3, 0.4) is 0 Å². The molecule has 0 amide bonds. The molecule has 2 rings (SSSR count). The number of rotatable bonds is 7. The van der Waals surface area contributed by atoms with E-state index in [4.69, 9.17) is 26.4 Å². The van der Waals surface area contributed by atoms with Crippen LogP contribution in [-0.2, 0) is 9.47 Å². The maximum atomic E-state index is 12.2. The van der Waals surface area contributed by atoms with Crippen molar-refractivity contribution in [2.45, 2.75) is 13.8 Å². The SMILES string of the molecule is CCOC(=O)c1ccc(C(=O)OCC)c(NC(=S)Nc2ccc(OC)cc2)c1. The van der Waals surface area contributed by atoms with Gasteiger partial charge >= 0.3 is 11.9 Å². The summed E-state index contributed by atoms with van der Waals surface area (Å²) in [5.74, 6) is -0.293. The molecule has 0 fully saturated rings. The molecule has 28 heavy (non-hydrogen) atoms. The van der Waals surface area contributed by atoms with Crippen molar-refractivity contribution in [2.75, 3.05) is 31.0 Å². The van der Waals surface area contributed by atoms with Crippen molar-refractivity contribution in [3.8, 4) is 5.75 Å². The molecule has 2 N–H and O–H groups in total. The summed E-state index contributed by atoms with van der Waals surface area (Å²) in [4.78, 5) is 24.2. The highest BCUT2D eigenvalue weighted by molar-refractivity contribution is 7.80. The topological polar surface area (TPSA) is 85.9 Å². The van der Waals surface area contributed by atoms with Crippen LogP contribution in [-0.4, -0.2) is 37.4 Å². The van der Waals surface area contributed by atoms with E-state index in [1.807, 2.05) is 0 Å². The van der Waals surface area contributed by atoms with Gasteiger partial charge in [-0.05, 0) is 68.5 Å². The summed E-state index contributed by atoms with van der Waals surface area (Å²) >= 11 is 5.33. The highest BCUT2D eigenvalue weighted by Crippen LogP contribution is 2.21. The van der Waals surface area contributed by atoms with Crippen LogP contribution in [0, 0.1) is 0 Å². The Morgan fingerprint density at radius 1 is 0.929 bits per heavy atom. The molecule has 0 aliphatic carbocycles. The lowest BCUT2D eigenvalue weighted by Gasteiger charge is -2.15. The molecular weight excluding hydrogens is 380 g/mol. The molecule has 0 saturated carbocycles. The molecule has 0 atom stereocenters. The Morgan fingerprint density at radius 3 is 2.18 bits per heavy atom. The van der Waals surface area contributed by atoms with E-state index >= 15 is 0 Å². The van der Waals surface area contributed by atoms with E-state index in [2.05, 4.69) is 10.6 Å². The molecule has 7 nitrogen and oxygen atoms in total. The van der Waals surface area contributed by atoms with Crippen molar-refractivity contribution in [2.24, 2.45) is 0 Å². The Bertz CT molecular complexity index is 852. The molecular formula is C20H22N2O5S. The standard InChI is InChI=1S/C20H22N2O5S/c1-4-26-18(23)13-6-11-16(19(24)27-5-2)17(12-13)22-20(28)21-14-7-9-15(25-3)10-8-14/h6-12H,4-5H2,1-3H3,(H2,21,22,28). The second-order valence-corrected chi connectivity index (χ2v) is 5.92. The number of esters is 2. The Balaban J connectivity index is 2.23. The minimum absolute atomic E-state index is 0.229. The second-order valence-electron chi connectivity index (χ2n) is 5.51. The summed E-state index contributed by atoms with van der Waals surface area (Å²) in [5, 5.41) is 6.20. The van der Waals surface area contributed by atoms with Gasteiger partial charge in [0.1, 0.15) is 5.75 Å². The first kappa shape index (κ1) is 21.2. The molecule has 0 radical (unpaired) electrons. The zero-order valence-corrected chi connectivity index (χ0v) is 16.7. The summed E-state index contributed by atoms with van der Waals surface area (Å²) in [7, 11) is 1.59. The number of carbonyl (C=O) groups is 2. The van der Waals surface area contributed by atoms with Gasteiger partial charge in [-0.15, -0.1) is 0 Å². The summed E-state index contributed by atoms with van der Waals surface area (Å²) in [5.41, 5.74) is 1.63. The fourth-order valence-electron chi connectivity index (χ4n) is 2.33. The van der Waals surface area contributed by atoms with Crippen molar-refractivity contribution in [3.05, 3.63) is 53.6 Å². The molecule has 0 aromatic heterocycles. The highest BCUT2D eigenvalue weighted by atomic mass is 32.1. The number of nitrogens with one attached hydrogen (secondary N) is 2. The summed E-state index contributed by atoms with van der Waals surface area (Å²) in [6.07, 6.45) is 0. The quantitative estimate of drug-likeness (QED) is 0.533. The fourth-order valence-corrected chi connectivity index (χ4v) is 2.56. The maximum absolute atomic E-state index is 12.2. The largest absolute Gasteiger partial charge is 0.497 e. The number of thiocarbonyl (C=S) groups is 1. The first-order valence-electron chi connectivity index (χ1n) is 8.68. The molecule has 2 aromatic carbocycles. The van der Waals surface area contributed by atoms with Crippen LogP contribution in [0.25, 0.3) is 0 Å². The highest BCUT2D eigenvalue weighted by Gasteiger charge is 2.17. The third kappa shape index (κ3) is 5.68. The zero-order valence-electron chi connectivity index (χ0n) is 15.9. The fraction of sp³-hybridized carbons (Fsp3) is 0.250. The summed E-state index contributed by atoms with van der Waals surface area (Å²) < 4.78 is 15.2. The molecule has 0 heterocycles. The predicted molar refractivity (Wildman–Crippen MR) is 111 cm³/mol. The van der Waals surface area contributed by atoms with Gasteiger partial charge in [-0.3, -0.25) is 0 Å². The van der Waals surface area contributed by atoms with Crippen LogP contribution in [0.1, 0.15) is 34.6 Å². The normalized spacial score (nSPS) is 9.96. The van der Waals surface area contributed by atoms with Gasteiger partial charge in [-0.25, -0.2) is 9.59 Å². The third-order valence-corrected chi connectivity index (χ3v) is 3.83. The van der Waals surface area contributed by atoms with Gasteiger partial charge in [0.25, 0.3) is 0 Å². The Labute approximate surface area is 169 Å². The zero-order chi connectivity index (χ0) is 20.5. The van der Waals surface area contributed by atoms with E-state index in [0.717, 1.165) is 11.4 Å². The first-order chi connectivity index (χ1) is 13.5. The van der Waals surface area contributed by atoms with Gasteiger partial charge < -0.3 is 24.8 Å². The van der Waals surface area contributed by atoms with Crippen LogP contribution in [0.2, 0.25) is 0 Å². The molecule has 8 heteroatoms. The number of anilines is 2. The van der Waals surface area contributed by atoms with Crippen molar-refractivity contribution in [1.82, 2.24) is 0 Å². The Hall–Kier alpha value is -3.13. The van der Waals surface area contributed by atoms with Crippen LogP contribution in [0.15, 0.2) is 42.5 Å². The van der Waals surface area contributed by atoms with Gasteiger partial charge in [0, 0.05) is 5.69 Å². The minimum Gasteiger partial charge on any atom is -0.497 e. The molecule has 0 bridgehead atoms. The summed E-state index contributed by atoms with van der Waals surface area (Å²) in [6.45, 7) is 3.91. The van der Waals surface area contributed by atoms with Crippen molar-refractivity contribution in [3.63, 3.8) is 0 Å². The van der Waals surface area contributed by atoms with E-state index in [0.29, 0.717) is 11.3 Å². The summed E-state index contributed by atoms with van der Waals surface area (Å²) in [6, 6.07) is 11.7. The van der Waals surface area contributed by atoms with Gasteiger partial charge in [0.2, 0.25) is 0 Å². The number of hydrogen-bond donors (Lipinski definition) is 2. The van der Waals surface area contributed by atoms with Gasteiger partial charge in [0.15, 0.2) is 5.11 Å². The molecule has 0 aliphatic rings. The Kier molecular flexibility index (Phi) is 7.76. The molecule has 0 unspecified atom stereocenters. The number of hydrogen-bond acceptors (Lipinski definition) is 6. The minimum atomic E-state index is -0.521. The molecule has 148 valence electrons. The van der Waals surface area contributed by atoms with Crippen LogP contribution >= 0.6 is 12.2 Å². The molecule has 0 spiro atoms. The average Bonchev–Trinajstić information content (AvgIpc) is 2.68. The van der Waals surface area contributed by atoms with Crippen molar-refractivity contribution in [1.29, 1.82) is 0 Å². The first-order valence-corrected chi connectivity index (χ1v) is 9.09. The van der Waals surface area contributed by atoms with Gasteiger partial charge in [-0.2, -0.15) is 0 Å². The Morgan fingerprint density at radius 2 is 1.57 bits per heavy atom. The predicted octanol–water partition coefficient (Wildman–Crippen LogP) is 3.86. The lowest BCUT2D eigenvalue weighted by atomic mass is 10.1. The number of ether oxygens (including phenoxy) is 3.